The molecule has 1 aliphatic heterocycles. The SMILES string of the molecule is O=C(c1ccc(C(F)(F)F)n2ccnc12)N1CCC(F)(F)[C@@H](Oc2ccc3ccccc3n2)C1. The summed E-state index contributed by atoms with van der Waals surface area (Å²) in [5.74, 6) is -3.95. The van der Waals surface area contributed by atoms with Crippen molar-refractivity contribution >= 4 is 22.5 Å². The zero-order valence-electron chi connectivity index (χ0n) is 17.5. The van der Waals surface area contributed by atoms with E-state index in [1.165, 1.54) is 6.07 Å². The molecule has 0 bridgehead atoms. The number of hydrogen-bond donors (Lipinski definition) is 0. The number of rotatable bonds is 3. The Hall–Kier alpha value is -3.76. The number of fused-ring (bicyclic) bond motifs is 2. The molecule has 0 saturated carbocycles. The van der Waals surface area contributed by atoms with Crippen LogP contribution >= 0.6 is 0 Å². The highest BCUT2D eigenvalue weighted by Crippen LogP contribution is 2.34. The van der Waals surface area contributed by atoms with Crippen LogP contribution in [0.3, 0.4) is 0 Å². The van der Waals surface area contributed by atoms with Crippen molar-refractivity contribution in [2.24, 2.45) is 0 Å². The second kappa shape index (κ2) is 7.93. The molecule has 34 heavy (non-hydrogen) atoms. The van der Waals surface area contributed by atoms with Gasteiger partial charge in [-0.25, -0.2) is 18.7 Å². The molecule has 0 radical (unpaired) electrons. The summed E-state index contributed by atoms with van der Waals surface area (Å²) in [7, 11) is 0. The minimum absolute atomic E-state index is 0.0112. The van der Waals surface area contributed by atoms with Crippen molar-refractivity contribution in [3.05, 3.63) is 72.2 Å². The average molecular weight is 476 g/mol. The predicted octanol–water partition coefficient (Wildman–Crippen LogP) is 4.83. The fourth-order valence-corrected chi connectivity index (χ4v) is 4.02. The largest absolute Gasteiger partial charge is 0.466 e. The molecule has 1 saturated heterocycles. The monoisotopic (exact) mass is 476 g/mol. The molecule has 0 aliphatic carbocycles. The smallest absolute Gasteiger partial charge is 0.431 e. The Bertz CT molecular complexity index is 1380. The first kappa shape index (κ1) is 22.1. The maximum Gasteiger partial charge on any atom is 0.431 e. The number of aromatic nitrogens is 3. The van der Waals surface area contributed by atoms with Crippen molar-refractivity contribution < 1.29 is 31.5 Å². The van der Waals surface area contributed by atoms with Crippen molar-refractivity contribution in [3.8, 4) is 5.88 Å². The number of amides is 1. The molecule has 1 atom stereocenters. The summed E-state index contributed by atoms with van der Waals surface area (Å²) in [4.78, 5) is 22.4. The van der Waals surface area contributed by atoms with Gasteiger partial charge >= 0.3 is 6.18 Å². The van der Waals surface area contributed by atoms with Crippen LogP contribution in [-0.2, 0) is 6.18 Å². The highest BCUT2D eigenvalue weighted by Gasteiger charge is 2.47. The van der Waals surface area contributed by atoms with Crippen LogP contribution in [0.25, 0.3) is 16.6 Å². The summed E-state index contributed by atoms with van der Waals surface area (Å²) in [6.07, 6.45) is -4.76. The number of carbonyl (C=O) groups is 1. The zero-order valence-corrected chi connectivity index (χ0v) is 17.5. The topological polar surface area (TPSA) is 59.7 Å². The Balaban J connectivity index is 1.42. The van der Waals surface area contributed by atoms with E-state index in [4.69, 9.17) is 4.74 Å². The summed E-state index contributed by atoms with van der Waals surface area (Å²) in [5.41, 5.74) is -0.750. The lowest BCUT2D eigenvalue weighted by Crippen LogP contribution is -2.55. The molecule has 5 rings (SSSR count). The fraction of sp³-hybridized carbons (Fsp3) is 0.261. The number of halogens is 5. The second-order valence-electron chi connectivity index (χ2n) is 7.96. The van der Waals surface area contributed by atoms with Crippen LogP contribution in [0.4, 0.5) is 22.0 Å². The van der Waals surface area contributed by atoms with Gasteiger partial charge in [0.05, 0.1) is 17.6 Å². The van der Waals surface area contributed by atoms with Gasteiger partial charge < -0.3 is 9.64 Å². The summed E-state index contributed by atoms with van der Waals surface area (Å²) in [5, 5.41) is 0.813. The van der Waals surface area contributed by atoms with E-state index in [1.54, 1.807) is 18.2 Å². The van der Waals surface area contributed by atoms with E-state index in [2.05, 4.69) is 9.97 Å². The Morgan fingerprint density at radius 3 is 2.68 bits per heavy atom. The molecule has 6 nitrogen and oxygen atoms in total. The van der Waals surface area contributed by atoms with Crippen LogP contribution in [0.5, 0.6) is 5.88 Å². The van der Waals surface area contributed by atoms with Gasteiger partial charge in [-0.2, -0.15) is 13.2 Å². The third kappa shape index (κ3) is 3.91. The van der Waals surface area contributed by atoms with Gasteiger partial charge in [-0.15, -0.1) is 0 Å². The Morgan fingerprint density at radius 2 is 1.88 bits per heavy atom. The Kier molecular flexibility index (Phi) is 5.14. The molecule has 0 N–H and O–H groups in total. The summed E-state index contributed by atoms with van der Waals surface area (Å²) >= 11 is 0. The number of pyridine rings is 2. The Labute approximate surface area is 189 Å². The maximum absolute atomic E-state index is 14.7. The molecule has 1 aliphatic rings. The molecule has 11 heteroatoms. The summed E-state index contributed by atoms with van der Waals surface area (Å²) in [6.45, 7) is -0.751. The highest BCUT2D eigenvalue weighted by atomic mass is 19.4. The van der Waals surface area contributed by atoms with Gasteiger partial charge in [0.2, 0.25) is 5.88 Å². The van der Waals surface area contributed by atoms with Gasteiger partial charge in [-0.1, -0.05) is 18.2 Å². The number of ether oxygens (including phenoxy) is 1. The van der Waals surface area contributed by atoms with Crippen LogP contribution in [0.1, 0.15) is 22.5 Å². The van der Waals surface area contributed by atoms with Crippen molar-refractivity contribution in [3.63, 3.8) is 0 Å². The Morgan fingerprint density at radius 1 is 1.09 bits per heavy atom. The van der Waals surface area contributed by atoms with Crippen molar-refractivity contribution in [2.45, 2.75) is 24.6 Å². The maximum atomic E-state index is 14.7. The van der Waals surface area contributed by atoms with E-state index in [9.17, 15) is 26.7 Å². The highest BCUT2D eigenvalue weighted by molar-refractivity contribution is 6.00. The van der Waals surface area contributed by atoms with Gasteiger partial charge in [0.15, 0.2) is 6.10 Å². The van der Waals surface area contributed by atoms with Crippen molar-refractivity contribution in [2.75, 3.05) is 13.1 Å². The number of carbonyl (C=O) groups excluding carboxylic acids is 1. The lowest BCUT2D eigenvalue weighted by molar-refractivity contribution is -0.142. The molecule has 4 aromatic rings. The molecule has 0 unspecified atom stereocenters. The molecule has 3 aromatic heterocycles. The van der Waals surface area contributed by atoms with E-state index in [0.29, 0.717) is 5.52 Å². The summed E-state index contributed by atoms with van der Waals surface area (Å²) < 4.78 is 75.4. The summed E-state index contributed by atoms with van der Waals surface area (Å²) in [6, 6.07) is 12.1. The van der Waals surface area contributed by atoms with E-state index in [1.807, 2.05) is 12.1 Å². The first-order chi connectivity index (χ1) is 16.1. The van der Waals surface area contributed by atoms with Gasteiger partial charge in [0.25, 0.3) is 11.8 Å². The third-order valence-electron chi connectivity index (χ3n) is 5.77. The molecule has 4 heterocycles. The van der Waals surface area contributed by atoms with Gasteiger partial charge in [0.1, 0.15) is 11.3 Å². The number of likely N-dealkylation sites (tertiary alicyclic amines) is 1. The zero-order chi connectivity index (χ0) is 24.1. The van der Waals surface area contributed by atoms with Gasteiger partial charge in [0, 0.05) is 36.8 Å². The minimum Gasteiger partial charge on any atom is -0.466 e. The molecule has 1 aromatic carbocycles. The quantitative estimate of drug-likeness (QED) is 0.398. The van der Waals surface area contributed by atoms with Crippen LogP contribution in [0.2, 0.25) is 0 Å². The van der Waals surface area contributed by atoms with Crippen LogP contribution < -0.4 is 4.74 Å². The van der Waals surface area contributed by atoms with E-state index in [-0.39, 0.29) is 23.6 Å². The fourth-order valence-electron chi connectivity index (χ4n) is 4.02. The number of hydrogen-bond acceptors (Lipinski definition) is 4. The number of nitrogens with zero attached hydrogens (tertiary/aromatic N) is 4. The minimum atomic E-state index is -4.65. The number of alkyl halides is 5. The van der Waals surface area contributed by atoms with Crippen molar-refractivity contribution in [1.29, 1.82) is 0 Å². The number of benzene rings is 1. The normalized spacial score (nSPS) is 18.4. The van der Waals surface area contributed by atoms with E-state index < -0.39 is 42.8 Å². The molecular weight excluding hydrogens is 459 g/mol. The number of piperidine rings is 1. The number of imidazole rings is 1. The molecule has 176 valence electrons. The third-order valence-corrected chi connectivity index (χ3v) is 5.77. The first-order valence-electron chi connectivity index (χ1n) is 10.4. The van der Waals surface area contributed by atoms with Gasteiger partial charge in [-0.3, -0.25) is 9.20 Å². The molecule has 1 amide bonds. The van der Waals surface area contributed by atoms with Crippen LogP contribution in [-0.4, -0.2) is 50.3 Å². The molecule has 0 spiro atoms. The lowest BCUT2D eigenvalue weighted by atomic mass is 10.0. The van der Waals surface area contributed by atoms with E-state index in [0.717, 1.165) is 39.2 Å². The second-order valence-corrected chi connectivity index (χ2v) is 7.96. The van der Waals surface area contributed by atoms with Gasteiger partial charge in [-0.05, 0) is 24.3 Å². The average Bonchev–Trinajstić information content (AvgIpc) is 3.28. The molecular formula is C23H17F5N4O2. The van der Waals surface area contributed by atoms with Crippen molar-refractivity contribution in [1.82, 2.24) is 19.3 Å². The van der Waals surface area contributed by atoms with Crippen LogP contribution in [0, 0.1) is 0 Å². The first-order valence-corrected chi connectivity index (χ1v) is 10.4. The standard InChI is InChI=1S/C23H17F5N4O2/c24-22(25)9-11-31(13-18(22)34-19-8-5-14-3-1-2-4-16(14)30-19)21(33)15-6-7-17(23(26,27)28)32-12-10-29-20(15)32/h1-8,10,12,18H,9,11,13H2/t18-/m0/s1. The lowest BCUT2D eigenvalue weighted by Gasteiger charge is -2.38. The van der Waals surface area contributed by atoms with Crippen LogP contribution in [0.15, 0.2) is 60.9 Å². The molecule has 1 fully saturated rings. The van der Waals surface area contributed by atoms with E-state index >= 15 is 0 Å². The number of para-hydroxylation sites is 1. The predicted molar refractivity (Wildman–Crippen MR) is 112 cm³/mol.